The molecule has 6 nitrogen and oxygen atoms in total. The van der Waals surface area contributed by atoms with E-state index >= 15 is 0 Å². The smallest absolute Gasteiger partial charge is 0.140 e. The van der Waals surface area contributed by atoms with E-state index in [2.05, 4.69) is 19.8 Å². The van der Waals surface area contributed by atoms with Crippen molar-refractivity contribution in [1.82, 2.24) is 14.9 Å². The Morgan fingerprint density at radius 1 is 0.935 bits per heavy atom. The molecular formula is C23H24Cl2N4O2. The molecule has 1 aromatic heterocycles. The summed E-state index contributed by atoms with van der Waals surface area (Å²) in [5, 5.41) is 24.2. The summed E-state index contributed by atoms with van der Waals surface area (Å²) in [5.41, 5.74) is 0.838. The maximum absolute atomic E-state index is 11.2. The Balaban J connectivity index is 1.30. The number of anilines is 1. The Kier molecular flexibility index (Phi) is 5.52. The van der Waals surface area contributed by atoms with E-state index in [-0.39, 0.29) is 6.04 Å². The lowest BCUT2D eigenvalue weighted by molar-refractivity contribution is -0.0450. The fourth-order valence-electron chi connectivity index (χ4n) is 4.84. The first-order valence-electron chi connectivity index (χ1n) is 10.5. The monoisotopic (exact) mass is 458 g/mol. The molecule has 0 bridgehead atoms. The molecule has 0 radical (unpaired) electrons. The predicted molar refractivity (Wildman–Crippen MR) is 123 cm³/mol. The minimum atomic E-state index is -0.855. The average Bonchev–Trinajstić information content (AvgIpc) is 3.15. The van der Waals surface area contributed by atoms with Gasteiger partial charge in [-0.2, -0.15) is 0 Å². The molecule has 0 amide bonds. The second kappa shape index (κ2) is 8.19. The van der Waals surface area contributed by atoms with E-state index in [0.717, 1.165) is 35.4 Å². The summed E-state index contributed by atoms with van der Waals surface area (Å²) in [4.78, 5) is 13.2. The number of piperidine rings is 1. The van der Waals surface area contributed by atoms with Gasteiger partial charge in [-0.25, -0.2) is 9.97 Å². The lowest BCUT2D eigenvalue weighted by Gasteiger charge is -2.41. The van der Waals surface area contributed by atoms with E-state index in [4.69, 9.17) is 23.2 Å². The Morgan fingerprint density at radius 3 is 2.39 bits per heavy atom. The summed E-state index contributed by atoms with van der Waals surface area (Å²) in [5.74, 6) is 0.817. The Hall–Kier alpha value is -1.96. The zero-order valence-corrected chi connectivity index (χ0v) is 18.5. The number of fused-ring (bicyclic) bond motifs is 1. The van der Waals surface area contributed by atoms with Gasteiger partial charge in [0.25, 0.3) is 0 Å². The third-order valence-electron chi connectivity index (χ3n) is 6.61. The van der Waals surface area contributed by atoms with Gasteiger partial charge in [0.05, 0.1) is 23.3 Å². The van der Waals surface area contributed by atoms with Crippen molar-refractivity contribution in [3.8, 4) is 0 Å². The number of β-amino-alcohol motifs (C(OH)–C–C–N with tert-alkyl or cyclic N) is 1. The number of aromatic nitrogens is 2. The highest BCUT2D eigenvalue weighted by molar-refractivity contribution is 6.31. The Morgan fingerprint density at radius 2 is 1.65 bits per heavy atom. The fourth-order valence-corrected chi connectivity index (χ4v) is 5.14. The molecule has 2 saturated heterocycles. The molecule has 2 aliphatic rings. The number of halogens is 2. The van der Waals surface area contributed by atoms with Gasteiger partial charge in [0.15, 0.2) is 0 Å². The zero-order valence-electron chi connectivity index (χ0n) is 17.0. The van der Waals surface area contributed by atoms with E-state index in [1.807, 2.05) is 42.5 Å². The van der Waals surface area contributed by atoms with Crippen molar-refractivity contribution in [2.24, 2.45) is 0 Å². The summed E-state index contributed by atoms with van der Waals surface area (Å²) in [6, 6.07) is 13.0. The lowest BCUT2D eigenvalue weighted by Crippen LogP contribution is -2.50. The summed E-state index contributed by atoms with van der Waals surface area (Å²) in [7, 11) is 0. The number of hydrogen-bond donors (Lipinski definition) is 2. The largest absolute Gasteiger partial charge is 0.390 e. The number of aliphatic hydroxyl groups is 2. The van der Waals surface area contributed by atoms with Gasteiger partial charge in [-0.15, -0.1) is 0 Å². The number of hydrogen-bond acceptors (Lipinski definition) is 6. The first kappa shape index (κ1) is 20.9. The van der Waals surface area contributed by atoms with Crippen LogP contribution in [0, 0.1) is 0 Å². The molecule has 0 aliphatic carbocycles. The number of rotatable bonds is 3. The second-order valence-corrected chi connectivity index (χ2v) is 9.35. The molecule has 3 heterocycles. The van der Waals surface area contributed by atoms with Gasteiger partial charge in [-0.05, 0) is 48.7 Å². The van der Waals surface area contributed by atoms with E-state index in [1.54, 1.807) is 6.33 Å². The van der Waals surface area contributed by atoms with Gasteiger partial charge in [-0.3, -0.25) is 4.90 Å². The molecule has 162 valence electrons. The fraction of sp³-hybridized carbons (Fsp3) is 0.391. The van der Waals surface area contributed by atoms with Crippen molar-refractivity contribution in [2.75, 3.05) is 31.1 Å². The van der Waals surface area contributed by atoms with Gasteiger partial charge >= 0.3 is 0 Å². The SMILES string of the molecule is OC1CN(c2ncnc3cc(Cl)ccc23)CC1N1CCC(O)(c2ccc(Cl)cc2)CC1. The lowest BCUT2D eigenvalue weighted by atomic mass is 9.84. The quantitative estimate of drug-likeness (QED) is 0.625. The molecule has 31 heavy (non-hydrogen) atoms. The maximum Gasteiger partial charge on any atom is 0.140 e. The summed E-state index contributed by atoms with van der Waals surface area (Å²) < 4.78 is 0. The van der Waals surface area contributed by atoms with Gasteiger partial charge in [0.2, 0.25) is 0 Å². The van der Waals surface area contributed by atoms with Crippen molar-refractivity contribution in [3.63, 3.8) is 0 Å². The van der Waals surface area contributed by atoms with Crippen LogP contribution in [0.25, 0.3) is 10.9 Å². The van der Waals surface area contributed by atoms with Crippen molar-refractivity contribution >= 4 is 39.9 Å². The van der Waals surface area contributed by atoms with E-state index in [9.17, 15) is 10.2 Å². The number of likely N-dealkylation sites (tertiary alicyclic amines) is 1. The van der Waals surface area contributed by atoms with E-state index in [1.165, 1.54) is 0 Å². The molecule has 2 fully saturated rings. The third kappa shape index (κ3) is 3.99. The Bertz CT molecular complexity index is 1090. The summed E-state index contributed by atoms with van der Waals surface area (Å²) in [6.45, 7) is 2.62. The van der Waals surface area contributed by atoms with Crippen LogP contribution in [0.5, 0.6) is 0 Å². The molecule has 2 unspecified atom stereocenters. The zero-order chi connectivity index (χ0) is 21.6. The van der Waals surface area contributed by atoms with Crippen LogP contribution in [-0.2, 0) is 5.60 Å². The van der Waals surface area contributed by atoms with Crippen LogP contribution in [0.2, 0.25) is 10.0 Å². The van der Waals surface area contributed by atoms with Crippen LogP contribution >= 0.6 is 23.2 Å². The number of nitrogens with zero attached hydrogens (tertiary/aromatic N) is 4. The molecule has 0 spiro atoms. The van der Waals surface area contributed by atoms with E-state index in [0.29, 0.717) is 36.0 Å². The van der Waals surface area contributed by atoms with Gasteiger partial charge in [0, 0.05) is 41.6 Å². The van der Waals surface area contributed by atoms with Gasteiger partial charge in [-0.1, -0.05) is 35.3 Å². The second-order valence-electron chi connectivity index (χ2n) is 8.47. The highest BCUT2D eigenvalue weighted by Crippen LogP contribution is 2.36. The van der Waals surface area contributed by atoms with Crippen molar-refractivity contribution in [3.05, 3.63) is 64.4 Å². The molecule has 8 heteroatoms. The van der Waals surface area contributed by atoms with Crippen LogP contribution in [0.1, 0.15) is 18.4 Å². The molecule has 3 aromatic rings. The molecule has 2 atom stereocenters. The first-order chi connectivity index (χ1) is 14.9. The first-order valence-corrected chi connectivity index (χ1v) is 11.2. The standard InChI is InChI=1S/C23H24Cl2N4O2/c24-16-3-1-15(2-4-16)23(31)7-9-28(10-8-23)20-12-29(13-21(20)30)22-18-6-5-17(25)11-19(18)26-14-27-22/h1-6,11,14,20-21,30-31H,7-10,12-13H2. The van der Waals surface area contributed by atoms with Crippen LogP contribution in [0.15, 0.2) is 48.8 Å². The molecule has 0 saturated carbocycles. The van der Waals surface area contributed by atoms with Crippen LogP contribution in [0.4, 0.5) is 5.82 Å². The van der Waals surface area contributed by atoms with Crippen molar-refractivity contribution in [1.29, 1.82) is 0 Å². The molecule has 2 aliphatic heterocycles. The van der Waals surface area contributed by atoms with Crippen molar-refractivity contribution in [2.45, 2.75) is 30.6 Å². The average molecular weight is 459 g/mol. The molecular weight excluding hydrogens is 435 g/mol. The highest BCUT2D eigenvalue weighted by Gasteiger charge is 2.41. The molecule has 2 aromatic carbocycles. The maximum atomic E-state index is 11.2. The molecule has 2 N–H and O–H groups in total. The van der Waals surface area contributed by atoms with Gasteiger partial charge < -0.3 is 15.1 Å². The van der Waals surface area contributed by atoms with Crippen LogP contribution < -0.4 is 4.90 Å². The van der Waals surface area contributed by atoms with Gasteiger partial charge in [0.1, 0.15) is 12.1 Å². The number of aliphatic hydroxyl groups excluding tert-OH is 1. The van der Waals surface area contributed by atoms with Crippen LogP contribution in [0.3, 0.4) is 0 Å². The highest BCUT2D eigenvalue weighted by atomic mass is 35.5. The minimum absolute atomic E-state index is 0.00733. The number of benzene rings is 2. The normalized spacial score (nSPS) is 24.1. The predicted octanol–water partition coefficient (Wildman–Crippen LogP) is 3.47. The van der Waals surface area contributed by atoms with Crippen molar-refractivity contribution < 1.29 is 10.2 Å². The summed E-state index contributed by atoms with van der Waals surface area (Å²) in [6.07, 6.45) is 2.29. The summed E-state index contributed by atoms with van der Waals surface area (Å²) >= 11 is 12.1. The van der Waals surface area contributed by atoms with Crippen LogP contribution in [-0.4, -0.2) is 63.4 Å². The molecule has 5 rings (SSSR count). The topological polar surface area (TPSA) is 72.7 Å². The van der Waals surface area contributed by atoms with E-state index < -0.39 is 11.7 Å². The minimum Gasteiger partial charge on any atom is -0.390 e. The Labute approximate surface area is 191 Å². The third-order valence-corrected chi connectivity index (χ3v) is 7.10.